The number of fused-ring (bicyclic) bond motifs is 7. The molecule has 0 aromatic carbocycles. The van der Waals surface area contributed by atoms with Crippen molar-refractivity contribution in [2.75, 3.05) is 6.61 Å². The Morgan fingerprint density at radius 1 is 0.946 bits per heavy atom. The molecule has 0 spiro atoms. The van der Waals surface area contributed by atoms with Gasteiger partial charge in [0.1, 0.15) is 5.41 Å². The van der Waals surface area contributed by atoms with Crippen LogP contribution >= 0.6 is 0 Å². The molecule has 0 bridgehead atoms. The van der Waals surface area contributed by atoms with Crippen LogP contribution in [-0.4, -0.2) is 56.3 Å². The number of rotatable bonds is 3. The van der Waals surface area contributed by atoms with Gasteiger partial charge in [0.25, 0.3) is 0 Å². The second kappa shape index (κ2) is 8.28. The molecule has 5 aliphatic rings. The van der Waals surface area contributed by atoms with Crippen molar-refractivity contribution in [1.82, 2.24) is 0 Å². The summed E-state index contributed by atoms with van der Waals surface area (Å²) < 4.78 is 0. The first kappa shape index (κ1) is 27.1. The maximum Gasteiger partial charge on any atom is 0.315 e. The van der Waals surface area contributed by atoms with Gasteiger partial charge >= 0.3 is 11.9 Å². The molecule has 0 aromatic heterocycles. The Bertz CT molecular complexity index is 1020. The lowest BCUT2D eigenvalue weighted by atomic mass is 9.33. The van der Waals surface area contributed by atoms with Crippen LogP contribution in [0.1, 0.15) is 86.0 Å². The Morgan fingerprint density at radius 3 is 2.22 bits per heavy atom. The van der Waals surface area contributed by atoms with E-state index in [1.165, 1.54) is 5.57 Å². The SMILES string of the molecule is C[C@H]1[C@H](C)CC[C@]2(C(=O)O)CC[C@]3(C)C(=CC[C@@H]4[C@@]5(C)C[C@@H](O)[C@@H](O)C(CO)(C(=O)O)C5CC[C@]43C)[C@H]12. The molecular formula is C30H46O7. The Morgan fingerprint density at radius 2 is 1.62 bits per heavy atom. The van der Waals surface area contributed by atoms with Crippen molar-refractivity contribution < 1.29 is 35.1 Å². The van der Waals surface area contributed by atoms with Crippen LogP contribution in [0.25, 0.3) is 0 Å². The van der Waals surface area contributed by atoms with Crippen molar-refractivity contribution in [2.45, 2.75) is 98.2 Å². The second-order valence-electron chi connectivity index (χ2n) is 14.3. The highest BCUT2D eigenvalue weighted by Crippen LogP contribution is 2.75. The van der Waals surface area contributed by atoms with Crippen LogP contribution in [0.4, 0.5) is 0 Å². The molecule has 37 heavy (non-hydrogen) atoms. The zero-order chi connectivity index (χ0) is 27.3. The average molecular weight is 519 g/mol. The molecule has 12 atom stereocenters. The molecule has 2 unspecified atom stereocenters. The van der Waals surface area contributed by atoms with Gasteiger partial charge in [0.15, 0.2) is 0 Å². The quantitative estimate of drug-likeness (QED) is 0.355. The van der Waals surface area contributed by atoms with Crippen molar-refractivity contribution in [1.29, 1.82) is 0 Å². The van der Waals surface area contributed by atoms with Gasteiger partial charge in [0, 0.05) is 0 Å². The number of allylic oxidation sites excluding steroid dienone is 2. The van der Waals surface area contributed by atoms with E-state index in [1.54, 1.807) is 0 Å². The van der Waals surface area contributed by atoms with Crippen LogP contribution in [0.5, 0.6) is 0 Å². The molecule has 0 radical (unpaired) electrons. The summed E-state index contributed by atoms with van der Waals surface area (Å²) in [6.07, 6.45) is 4.94. The number of aliphatic hydroxyl groups excluding tert-OH is 3. The molecule has 208 valence electrons. The van der Waals surface area contributed by atoms with E-state index in [1.807, 2.05) is 0 Å². The van der Waals surface area contributed by atoms with Gasteiger partial charge < -0.3 is 25.5 Å². The molecule has 0 amide bonds. The summed E-state index contributed by atoms with van der Waals surface area (Å²) in [4.78, 5) is 25.4. The summed E-state index contributed by atoms with van der Waals surface area (Å²) in [7, 11) is 0. The van der Waals surface area contributed by atoms with E-state index in [2.05, 4.69) is 40.7 Å². The predicted octanol–water partition coefficient (Wildman–Crippen LogP) is 4.10. The number of hydrogen-bond acceptors (Lipinski definition) is 5. The van der Waals surface area contributed by atoms with Gasteiger partial charge in [-0.05, 0) is 97.2 Å². The third kappa shape index (κ3) is 3.05. The fourth-order valence-corrected chi connectivity index (χ4v) is 11.0. The summed E-state index contributed by atoms with van der Waals surface area (Å²) in [6.45, 7) is 10.5. The van der Waals surface area contributed by atoms with Crippen LogP contribution in [0.15, 0.2) is 11.6 Å². The maximum atomic E-state index is 12.8. The van der Waals surface area contributed by atoms with E-state index in [-0.39, 0.29) is 28.6 Å². The predicted molar refractivity (Wildman–Crippen MR) is 137 cm³/mol. The Kier molecular flexibility index (Phi) is 6.07. The van der Waals surface area contributed by atoms with E-state index >= 15 is 0 Å². The summed E-state index contributed by atoms with van der Waals surface area (Å²) in [6, 6.07) is 0. The number of carboxylic acids is 2. The van der Waals surface area contributed by atoms with E-state index < -0.39 is 52.9 Å². The molecule has 0 heterocycles. The smallest absolute Gasteiger partial charge is 0.315 e. The Balaban J connectivity index is 1.64. The van der Waals surface area contributed by atoms with Gasteiger partial charge in [0.05, 0.1) is 24.2 Å². The molecule has 0 aromatic rings. The lowest BCUT2D eigenvalue weighted by molar-refractivity contribution is -0.251. The number of hydrogen-bond donors (Lipinski definition) is 5. The van der Waals surface area contributed by atoms with Crippen molar-refractivity contribution in [3.63, 3.8) is 0 Å². The van der Waals surface area contributed by atoms with E-state index in [0.29, 0.717) is 38.0 Å². The molecule has 5 rings (SSSR count). The van der Waals surface area contributed by atoms with Crippen molar-refractivity contribution in [3.8, 4) is 0 Å². The molecule has 4 fully saturated rings. The minimum Gasteiger partial charge on any atom is -0.481 e. The molecule has 4 saturated carbocycles. The molecular weight excluding hydrogens is 472 g/mol. The third-order valence-corrected chi connectivity index (χ3v) is 13.5. The highest BCUT2D eigenvalue weighted by molar-refractivity contribution is 5.77. The summed E-state index contributed by atoms with van der Waals surface area (Å²) >= 11 is 0. The van der Waals surface area contributed by atoms with Gasteiger partial charge in [-0.15, -0.1) is 0 Å². The first-order valence-corrected chi connectivity index (χ1v) is 14.3. The number of carbonyl (C=O) groups is 2. The summed E-state index contributed by atoms with van der Waals surface area (Å²) in [5.74, 6) is -1.61. The number of aliphatic carboxylic acids is 2. The summed E-state index contributed by atoms with van der Waals surface area (Å²) in [5.41, 5.74) is -2.26. The fraction of sp³-hybridized carbons (Fsp3) is 0.867. The monoisotopic (exact) mass is 518 g/mol. The zero-order valence-corrected chi connectivity index (χ0v) is 23.0. The standard InChI is InChI=1S/C30H46O7/c1-16-8-11-29(24(34)35)13-12-27(4)18(22(29)17(16)2)6-7-20-26(3)14-19(32)23(33)30(15-31,25(36)37)21(26)9-10-28(20,27)5/h6,16-17,19-23,31-33H,7-15H2,1-5H3,(H,34,35)(H,36,37)/t16-,17+,19-,20-,21?,22+,23-,26-,27-,28-,29+,30?/m1/s1. The molecule has 7 nitrogen and oxygen atoms in total. The first-order valence-electron chi connectivity index (χ1n) is 14.3. The molecule has 0 aliphatic heterocycles. The zero-order valence-electron chi connectivity index (χ0n) is 23.0. The van der Waals surface area contributed by atoms with Crippen molar-refractivity contribution >= 4 is 11.9 Å². The fourth-order valence-electron chi connectivity index (χ4n) is 11.0. The van der Waals surface area contributed by atoms with Crippen LogP contribution in [0, 0.1) is 56.7 Å². The topological polar surface area (TPSA) is 135 Å². The normalized spacial score (nSPS) is 55.1. The molecule has 0 saturated heterocycles. The van der Waals surface area contributed by atoms with Crippen LogP contribution in [-0.2, 0) is 9.59 Å². The average Bonchev–Trinajstić information content (AvgIpc) is 2.83. The second-order valence-corrected chi connectivity index (χ2v) is 14.3. The molecule has 7 heteroatoms. The van der Waals surface area contributed by atoms with E-state index in [0.717, 1.165) is 19.3 Å². The largest absolute Gasteiger partial charge is 0.481 e. The van der Waals surface area contributed by atoms with Gasteiger partial charge in [0.2, 0.25) is 0 Å². The minimum atomic E-state index is -1.79. The van der Waals surface area contributed by atoms with E-state index in [9.17, 15) is 35.1 Å². The van der Waals surface area contributed by atoms with Crippen LogP contribution < -0.4 is 0 Å². The molecule has 5 N–H and O–H groups in total. The van der Waals surface area contributed by atoms with Crippen molar-refractivity contribution in [3.05, 3.63) is 11.6 Å². The highest BCUT2D eigenvalue weighted by Gasteiger charge is 2.72. The Hall–Kier alpha value is -1.44. The molecule has 5 aliphatic carbocycles. The summed E-state index contributed by atoms with van der Waals surface area (Å²) in [5, 5.41) is 53.1. The third-order valence-electron chi connectivity index (χ3n) is 13.5. The lowest BCUT2D eigenvalue weighted by Gasteiger charge is -2.71. The van der Waals surface area contributed by atoms with Gasteiger partial charge in [-0.3, -0.25) is 9.59 Å². The van der Waals surface area contributed by atoms with Gasteiger partial charge in [-0.1, -0.05) is 46.3 Å². The van der Waals surface area contributed by atoms with Crippen LogP contribution in [0.2, 0.25) is 0 Å². The maximum absolute atomic E-state index is 12.8. The Labute approximate surface area is 220 Å². The van der Waals surface area contributed by atoms with Gasteiger partial charge in [-0.25, -0.2) is 0 Å². The van der Waals surface area contributed by atoms with Gasteiger partial charge in [-0.2, -0.15) is 0 Å². The number of aliphatic hydroxyl groups is 3. The first-order chi connectivity index (χ1) is 17.2. The van der Waals surface area contributed by atoms with Crippen LogP contribution in [0.3, 0.4) is 0 Å². The lowest BCUT2D eigenvalue weighted by Crippen LogP contribution is -2.70. The highest BCUT2D eigenvalue weighted by atomic mass is 16.4. The van der Waals surface area contributed by atoms with E-state index in [4.69, 9.17) is 0 Å². The minimum absolute atomic E-state index is 0.00914. The number of carboxylic acid groups (broad SMARTS) is 2. The van der Waals surface area contributed by atoms with Crippen molar-refractivity contribution in [2.24, 2.45) is 56.7 Å².